The monoisotopic (exact) mass is 367 g/mol. The number of hydrogen-bond donors (Lipinski definition) is 2. The number of ether oxygens (including phenoxy) is 1. The third kappa shape index (κ3) is 7.47. The fourth-order valence-corrected chi connectivity index (χ4v) is 2.35. The van der Waals surface area contributed by atoms with E-state index in [-0.39, 0.29) is 28.2 Å². The molecule has 0 fully saturated rings. The summed E-state index contributed by atoms with van der Waals surface area (Å²) in [4.78, 5) is 24.6. The van der Waals surface area contributed by atoms with Crippen molar-refractivity contribution in [2.24, 2.45) is 10.8 Å². The number of hydrogen-bond acceptors (Lipinski definition) is 6. The zero-order chi connectivity index (χ0) is 18.7. The third-order valence-corrected chi connectivity index (χ3v) is 3.61. The summed E-state index contributed by atoms with van der Waals surface area (Å²) in [6.07, 6.45) is 7.88. The molecule has 0 bridgehead atoms. The maximum atomic E-state index is 12.3. The molecule has 0 aliphatic carbocycles. The van der Waals surface area contributed by atoms with Gasteiger partial charge in [-0.2, -0.15) is 5.10 Å². The van der Waals surface area contributed by atoms with Crippen LogP contribution in [0.4, 0.5) is 0 Å². The number of hydrazone groups is 1. The van der Waals surface area contributed by atoms with E-state index in [9.17, 15) is 9.59 Å². The van der Waals surface area contributed by atoms with Gasteiger partial charge >= 0.3 is 0 Å². The van der Waals surface area contributed by atoms with Crippen LogP contribution >= 0.6 is 12.2 Å². The van der Waals surface area contributed by atoms with Crippen LogP contribution < -0.4 is 21.3 Å². The lowest BCUT2D eigenvalue weighted by atomic mass is 10.0. The standard InChI is InChI=1S/C17H25N3O4S/c1-3-4-5-6-7-8-9-13(21)15-14(22)10-12(24-16(15)23-2)11-19-20-17(18)25/h10-11H,3-9H2,1-2H3,(H3,18,20,25)/b19-11+. The molecule has 0 unspecified atom stereocenters. The van der Waals surface area contributed by atoms with E-state index < -0.39 is 5.43 Å². The number of carbonyl (C=O) groups is 1. The molecular formula is C17H25N3O4S. The van der Waals surface area contributed by atoms with Gasteiger partial charge in [-0.15, -0.1) is 0 Å². The van der Waals surface area contributed by atoms with Crippen LogP contribution in [0, 0.1) is 0 Å². The molecule has 0 atom stereocenters. The summed E-state index contributed by atoms with van der Waals surface area (Å²) in [6.45, 7) is 2.16. The van der Waals surface area contributed by atoms with Crippen LogP contribution in [-0.2, 0) is 0 Å². The first-order chi connectivity index (χ1) is 12.0. The molecule has 1 aromatic rings. The van der Waals surface area contributed by atoms with Gasteiger partial charge in [-0.25, -0.2) is 0 Å². The molecule has 0 saturated heterocycles. The number of nitrogens with zero attached hydrogens (tertiary/aromatic N) is 1. The highest BCUT2D eigenvalue weighted by Crippen LogP contribution is 2.19. The van der Waals surface area contributed by atoms with Crippen LogP contribution in [0.25, 0.3) is 0 Å². The topological polar surface area (TPSA) is 107 Å². The maximum Gasteiger partial charge on any atom is 0.299 e. The summed E-state index contributed by atoms with van der Waals surface area (Å²) in [5, 5.41) is 3.69. The number of thiocarbonyl (C=S) groups is 1. The molecule has 0 radical (unpaired) electrons. The largest absolute Gasteiger partial charge is 0.468 e. The maximum absolute atomic E-state index is 12.3. The van der Waals surface area contributed by atoms with Crippen LogP contribution in [0.15, 0.2) is 20.4 Å². The third-order valence-electron chi connectivity index (χ3n) is 3.52. The molecular weight excluding hydrogens is 342 g/mol. The quantitative estimate of drug-likeness (QED) is 0.204. The number of methoxy groups -OCH3 is 1. The predicted octanol–water partition coefficient (Wildman–Crippen LogP) is 2.75. The van der Waals surface area contributed by atoms with Gasteiger partial charge in [0.15, 0.2) is 22.1 Å². The average molecular weight is 367 g/mol. The van der Waals surface area contributed by atoms with E-state index in [2.05, 4.69) is 29.7 Å². The van der Waals surface area contributed by atoms with Crippen molar-refractivity contribution in [3.63, 3.8) is 0 Å². The highest BCUT2D eigenvalue weighted by atomic mass is 32.1. The first-order valence-electron chi connectivity index (χ1n) is 8.33. The van der Waals surface area contributed by atoms with E-state index >= 15 is 0 Å². The van der Waals surface area contributed by atoms with Gasteiger partial charge in [0.2, 0.25) is 0 Å². The van der Waals surface area contributed by atoms with Crippen LogP contribution in [0.2, 0.25) is 0 Å². The van der Waals surface area contributed by atoms with E-state index in [4.69, 9.17) is 14.9 Å². The normalized spacial score (nSPS) is 10.8. The molecule has 0 aliphatic heterocycles. The van der Waals surface area contributed by atoms with Crippen LogP contribution in [-0.4, -0.2) is 24.2 Å². The second kappa shape index (κ2) is 11.4. The summed E-state index contributed by atoms with van der Waals surface area (Å²) < 4.78 is 10.4. The Morgan fingerprint density at radius 2 is 2.04 bits per heavy atom. The van der Waals surface area contributed by atoms with Crippen molar-refractivity contribution in [3.8, 4) is 5.95 Å². The second-order valence-corrected chi connectivity index (χ2v) is 5.99. The number of nitrogens with one attached hydrogen (secondary N) is 1. The van der Waals surface area contributed by atoms with Gasteiger partial charge in [-0.1, -0.05) is 39.0 Å². The number of nitrogens with two attached hydrogens (primary N) is 1. The molecule has 1 aromatic heterocycles. The molecule has 1 heterocycles. The van der Waals surface area contributed by atoms with Gasteiger partial charge in [0.25, 0.3) is 5.95 Å². The number of unbranched alkanes of at least 4 members (excludes halogenated alkanes) is 5. The molecule has 3 N–H and O–H groups in total. The SMILES string of the molecule is CCCCCCCCC(=O)c1c(OC)oc(/C=N/NC(N)=S)cc1=O. The number of rotatable bonds is 11. The summed E-state index contributed by atoms with van der Waals surface area (Å²) in [7, 11) is 1.34. The number of Topliss-reactive ketones (excluding diaryl/α,β-unsaturated/α-hetero) is 1. The average Bonchev–Trinajstić information content (AvgIpc) is 2.56. The van der Waals surface area contributed by atoms with Crippen molar-refractivity contribution in [1.82, 2.24) is 5.43 Å². The van der Waals surface area contributed by atoms with Crippen molar-refractivity contribution in [2.75, 3.05) is 7.11 Å². The van der Waals surface area contributed by atoms with E-state index in [0.29, 0.717) is 6.42 Å². The van der Waals surface area contributed by atoms with Crippen molar-refractivity contribution in [3.05, 3.63) is 27.6 Å². The van der Waals surface area contributed by atoms with Gasteiger partial charge < -0.3 is 14.9 Å². The Morgan fingerprint density at radius 3 is 2.68 bits per heavy atom. The van der Waals surface area contributed by atoms with Crippen molar-refractivity contribution < 1.29 is 13.9 Å². The van der Waals surface area contributed by atoms with Gasteiger partial charge in [-0.3, -0.25) is 15.0 Å². The predicted molar refractivity (Wildman–Crippen MR) is 101 cm³/mol. The molecule has 138 valence electrons. The molecule has 7 nitrogen and oxygen atoms in total. The van der Waals surface area contributed by atoms with Crippen molar-refractivity contribution in [1.29, 1.82) is 0 Å². The zero-order valence-electron chi connectivity index (χ0n) is 14.7. The Bertz CT molecular complexity index is 670. The molecule has 8 heteroatoms. The summed E-state index contributed by atoms with van der Waals surface area (Å²) in [6, 6.07) is 1.18. The molecule has 0 aliphatic rings. The minimum Gasteiger partial charge on any atom is -0.468 e. The van der Waals surface area contributed by atoms with Crippen molar-refractivity contribution in [2.45, 2.75) is 51.9 Å². The number of carbonyl (C=O) groups excluding carboxylic acids is 1. The second-order valence-electron chi connectivity index (χ2n) is 5.55. The van der Waals surface area contributed by atoms with E-state index in [1.165, 1.54) is 38.7 Å². The molecule has 0 saturated carbocycles. The minimum absolute atomic E-state index is 0.0173. The fraction of sp³-hybridized carbons (Fsp3) is 0.529. The minimum atomic E-state index is -0.462. The molecule has 0 amide bonds. The molecule has 1 rings (SSSR count). The first-order valence-corrected chi connectivity index (χ1v) is 8.74. The van der Waals surface area contributed by atoms with Crippen LogP contribution in [0.3, 0.4) is 0 Å². The van der Waals surface area contributed by atoms with E-state index in [1.54, 1.807) is 0 Å². The zero-order valence-corrected chi connectivity index (χ0v) is 15.5. The lowest BCUT2D eigenvalue weighted by Crippen LogP contribution is -2.24. The van der Waals surface area contributed by atoms with Gasteiger partial charge in [0.1, 0.15) is 5.56 Å². The fourth-order valence-electron chi connectivity index (χ4n) is 2.30. The molecule has 0 aromatic carbocycles. The smallest absolute Gasteiger partial charge is 0.299 e. The Morgan fingerprint density at radius 1 is 1.36 bits per heavy atom. The van der Waals surface area contributed by atoms with Gasteiger partial charge in [0.05, 0.1) is 13.3 Å². The van der Waals surface area contributed by atoms with Crippen LogP contribution in [0.1, 0.15) is 68.0 Å². The van der Waals surface area contributed by atoms with E-state index in [1.807, 2.05) is 0 Å². The van der Waals surface area contributed by atoms with Gasteiger partial charge in [0, 0.05) is 12.5 Å². The first kappa shape index (κ1) is 20.8. The lowest BCUT2D eigenvalue weighted by molar-refractivity contribution is 0.0969. The van der Waals surface area contributed by atoms with Gasteiger partial charge in [-0.05, 0) is 18.6 Å². The molecule has 25 heavy (non-hydrogen) atoms. The highest BCUT2D eigenvalue weighted by Gasteiger charge is 2.19. The summed E-state index contributed by atoms with van der Waals surface area (Å²) in [5.41, 5.74) is 7.06. The molecule has 0 spiro atoms. The van der Waals surface area contributed by atoms with E-state index in [0.717, 1.165) is 19.3 Å². The Kier molecular flexibility index (Phi) is 9.46. The Labute approximate surface area is 152 Å². The van der Waals surface area contributed by atoms with Crippen LogP contribution in [0.5, 0.6) is 5.95 Å². The Hall–Kier alpha value is -2.22. The highest BCUT2D eigenvalue weighted by molar-refractivity contribution is 7.80. The summed E-state index contributed by atoms with van der Waals surface area (Å²) >= 11 is 4.61. The number of ketones is 1. The Balaban J connectivity index is 2.75. The van der Waals surface area contributed by atoms with Crippen molar-refractivity contribution >= 4 is 29.3 Å². The lowest BCUT2D eigenvalue weighted by Gasteiger charge is -2.06. The summed E-state index contributed by atoms with van der Waals surface area (Å²) in [5.74, 6) is -0.257.